The van der Waals surface area contributed by atoms with Gasteiger partial charge in [0.05, 0.1) is 34.2 Å². The highest BCUT2D eigenvalue weighted by Gasteiger charge is 2.22. The van der Waals surface area contributed by atoms with Gasteiger partial charge in [0.1, 0.15) is 19.8 Å². The molecule has 0 aliphatic rings. The van der Waals surface area contributed by atoms with Gasteiger partial charge >= 0.3 is 13.8 Å². The van der Waals surface area contributed by atoms with Crippen molar-refractivity contribution in [2.45, 2.75) is 6.42 Å². The fourth-order valence-corrected chi connectivity index (χ4v) is 1.64. The molecule has 0 aromatic rings. The summed E-state index contributed by atoms with van der Waals surface area (Å²) in [4.78, 5) is 20.4. The van der Waals surface area contributed by atoms with E-state index in [9.17, 15) is 14.3 Å². The van der Waals surface area contributed by atoms with Crippen LogP contribution in [0.1, 0.15) is 6.42 Å². The Bertz CT molecular complexity index is 339. The Balaban J connectivity index is 3.81. The Hall–Kier alpha value is -0.720. The van der Waals surface area contributed by atoms with Crippen LogP contribution in [0.4, 0.5) is 0 Å². The number of phosphoric ester groups is 1. The van der Waals surface area contributed by atoms with Crippen LogP contribution in [0.3, 0.4) is 0 Å². The number of hydrogen-bond acceptors (Lipinski definition) is 5. The van der Waals surface area contributed by atoms with Crippen molar-refractivity contribution in [3.8, 4) is 0 Å². The molecule has 0 heterocycles. The lowest BCUT2D eigenvalue weighted by molar-refractivity contribution is -0.870. The van der Waals surface area contributed by atoms with E-state index in [1.54, 1.807) is 0 Å². The Morgan fingerprint density at radius 1 is 1.32 bits per heavy atom. The lowest BCUT2D eigenvalue weighted by atomic mass is 10.5. The molecular formula is C11H23NO6P+. The summed E-state index contributed by atoms with van der Waals surface area (Å²) in [5.74, 6) is -0.522. The van der Waals surface area contributed by atoms with Gasteiger partial charge in [0.2, 0.25) is 0 Å². The number of phosphoric acid groups is 1. The molecule has 1 atom stereocenters. The second-order valence-corrected chi connectivity index (χ2v) is 6.32. The molecule has 0 amide bonds. The first-order valence-corrected chi connectivity index (χ1v) is 7.35. The molecule has 0 aromatic heterocycles. The molecular weight excluding hydrogens is 273 g/mol. The second-order valence-electron chi connectivity index (χ2n) is 4.87. The Labute approximate surface area is 114 Å². The highest BCUT2D eigenvalue weighted by molar-refractivity contribution is 7.47. The number of nitrogens with zero attached hydrogens (tertiary/aromatic N) is 1. The highest BCUT2D eigenvalue weighted by atomic mass is 31.2. The zero-order valence-electron chi connectivity index (χ0n) is 11.7. The number of carbonyl (C=O) groups is 1. The minimum atomic E-state index is -4.10. The average molecular weight is 296 g/mol. The lowest BCUT2D eigenvalue weighted by Crippen LogP contribution is -2.37. The molecule has 0 rings (SSSR count). The minimum Gasteiger partial charge on any atom is -0.461 e. The molecule has 19 heavy (non-hydrogen) atoms. The second kappa shape index (κ2) is 8.45. The molecule has 7 nitrogen and oxygen atoms in total. The van der Waals surface area contributed by atoms with Gasteiger partial charge in [0.25, 0.3) is 0 Å². The van der Waals surface area contributed by atoms with E-state index in [1.807, 2.05) is 21.1 Å². The van der Waals surface area contributed by atoms with Crippen molar-refractivity contribution in [3.63, 3.8) is 0 Å². The molecule has 0 spiro atoms. The van der Waals surface area contributed by atoms with Crippen LogP contribution in [0.5, 0.6) is 0 Å². The standard InChI is InChI=1S/C11H22NO6P/c1-5-8-16-11(13)6-9-17-19(14,15)18-10-7-12(2,3)4/h5H,1,6-10H2,2-4H3/p+1. The third-order valence-electron chi connectivity index (χ3n) is 1.94. The maximum Gasteiger partial charge on any atom is 0.472 e. The summed E-state index contributed by atoms with van der Waals surface area (Å²) in [5.41, 5.74) is 0. The molecule has 8 heteroatoms. The number of esters is 1. The van der Waals surface area contributed by atoms with E-state index in [0.29, 0.717) is 11.0 Å². The minimum absolute atomic E-state index is 0.0954. The van der Waals surface area contributed by atoms with Gasteiger partial charge in [-0.2, -0.15) is 0 Å². The van der Waals surface area contributed by atoms with Gasteiger partial charge in [-0.05, 0) is 0 Å². The zero-order chi connectivity index (χ0) is 14.9. The molecule has 1 N–H and O–H groups in total. The van der Waals surface area contributed by atoms with Crippen molar-refractivity contribution in [1.29, 1.82) is 0 Å². The predicted octanol–water partition coefficient (Wildman–Crippen LogP) is 0.945. The molecule has 0 aliphatic carbocycles. The summed E-state index contributed by atoms with van der Waals surface area (Å²) in [6, 6.07) is 0. The van der Waals surface area contributed by atoms with Crippen molar-refractivity contribution in [3.05, 3.63) is 12.7 Å². The first-order valence-electron chi connectivity index (χ1n) is 5.85. The summed E-state index contributed by atoms with van der Waals surface area (Å²) >= 11 is 0. The quantitative estimate of drug-likeness (QED) is 0.280. The van der Waals surface area contributed by atoms with Gasteiger partial charge in [-0.1, -0.05) is 12.7 Å². The molecule has 0 aromatic carbocycles. The molecule has 0 fully saturated rings. The summed E-state index contributed by atoms with van der Waals surface area (Å²) in [5, 5.41) is 0. The molecule has 112 valence electrons. The van der Waals surface area contributed by atoms with E-state index in [4.69, 9.17) is 4.52 Å². The van der Waals surface area contributed by atoms with E-state index < -0.39 is 13.8 Å². The van der Waals surface area contributed by atoms with E-state index in [-0.39, 0.29) is 26.2 Å². The average Bonchev–Trinajstić information content (AvgIpc) is 2.23. The third kappa shape index (κ3) is 12.1. The third-order valence-corrected chi connectivity index (χ3v) is 2.96. The van der Waals surface area contributed by atoms with E-state index >= 15 is 0 Å². The maximum absolute atomic E-state index is 11.4. The number of rotatable bonds is 10. The summed E-state index contributed by atoms with van der Waals surface area (Å²) in [6.07, 6.45) is 1.32. The normalized spacial score (nSPS) is 14.7. The van der Waals surface area contributed by atoms with Gasteiger partial charge < -0.3 is 14.1 Å². The first-order chi connectivity index (χ1) is 8.66. The number of hydrogen-bond donors (Lipinski definition) is 1. The lowest BCUT2D eigenvalue weighted by Gasteiger charge is -2.23. The molecule has 0 radical (unpaired) electrons. The van der Waals surface area contributed by atoms with Crippen LogP contribution in [0, 0.1) is 0 Å². The molecule has 0 saturated heterocycles. The van der Waals surface area contributed by atoms with Crippen LogP contribution in [-0.2, 0) is 23.1 Å². The number of quaternary nitrogens is 1. The van der Waals surface area contributed by atoms with E-state index in [0.717, 1.165) is 0 Å². The monoisotopic (exact) mass is 296 g/mol. The molecule has 0 bridgehead atoms. The van der Waals surface area contributed by atoms with Crippen molar-refractivity contribution in [1.82, 2.24) is 0 Å². The van der Waals surface area contributed by atoms with Gasteiger partial charge in [-0.25, -0.2) is 4.57 Å². The van der Waals surface area contributed by atoms with Crippen LogP contribution in [-0.4, -0.2) is 62.9 Å². The van der Waals surface area contributed by atoms with Gasteiger partial charge in [-0.15, -0.1) is 0 Å². The van der Waals surface area contributed by atoms with Gasteiger partial charge in [0.15, 0.2) is 0 Å². The van der Waals surface area contributed by atoms with Crippen molar-refractivity contribution < 1.29 is 32.5 Å². The summed E-state index contributed by atoms with van der Waals surface area (Å²) in [6.45, 7) is 3.93. The van der Waals surface area contributed by atoms with Gasteiger partial charge in [0, 0.05) is 0 Å². The van der Waals surface area contributed by atoms with Crippen LogP contribution in [0.25, 0.3) is 0 Å². The molecule has 1 unspecified atom stereocenters. The topological polar surface area (TPSA) is 82.1 Å². The molecule has 0 saturated carbocycles. The number of likely N-dealkylation sites (N-methyl/N-ethyl adjacent to an activating group) is 1. The highest BCUT2D eigenvalue weighted by Crippen LogP contribution is 2.43. The maximum atomic E-state index is 11.4. The largest absolute Gasteiger partial charge is 0.472 e. The summed E-state index contributed by atoms with van der Waals surface area (Å²) in [7, 11) is 1.70. The fourth-order valence-electron chi connectivity index (χ4n) is 0.936. The zero-order valence-corrected chi connectivity index (χ0v) is 12.6. The van der Waals surface area contributed by atoms with Crippen LogP contribution >= 0.6 is 7.82 Å². The van der Waals surface area contributed by atoms with E-state index in [2.05, 4.69) is 15.8 Å². The fraction of sp³-hybridized carbons (Fsp3) is 0.727. The van der Waals surface area contributed by atoms with Crippen LogP contribution in [0.2, 0.25) is 0 Å². The Morgan fingerprint density at radius 3 is 2.42 bits per heavy atom. The number of carbonyl (C=O) groups excluding carboxylic acids is 1. The van der Waals surface area contributed by atoms with Gasteiger partial charge in [-0.3, -0.25) is 13.8 Å². The van der Waals surface area contributed by atoms with Crippen molar-refractivity contribution in [2.75, 3.05) is 47.5 Å². The predicted molar refractivity (Wildman–Crippen MR) is 70.4 cm³/mol. The summed E-state index contributed by atoms with van der Waals surface area (Å²) < 4.78 is 26.1. The smallest absolute Gasteiger partial charge is 0.461 e. The molecule has 0 aliphatic heterocycles. The van der Waals surface area contributed by atoms with Crippen molar-refractivity contribution >= 4 is 13.8 Å². The van der Waals surface area contributed by atoms with Crippen molar-refractivity contribution in [2.24, 2.45) is 0 Å². The number of ether oxygens (including phenoxy) is 1. The van der Waals surface area contributed by atoms with Crippen LogP contribution < -0.4 is 0 Å². The van der Waals surface area contributed by atoms with Crippen LogP contribution in [0.15, 0.2) is 12.7 Å². The Morgan fingerprint density at radius 2 is 1.89 bits per heavy atom. The Kier molecular flexibility index (Phi) is 8.13. The van der Waals surface area contributed by atoms with E-state index in [1.165, 1.54) is 6.08 Å². The SMILES string of the molecule is C=CCOC(=O)CCOP(=O)(O)OCC[N+](C)(C)C. The first kappa shape index (κ1) is 18.3.